The minimum absolute atomic E-state index is 0.00275. The van der Waals surface area contributed by atoms with Gasteiger partial charge in [0, 0.05) is 35.4 Å². The van der Waals surface area contributed by atoms with E-state index in [0.717, 1.165) is 0 Å². The van der Waals surface area contributed by atoms with Crippen LogP contribution >= 0.6 is 0 Å². The molecule has 0 bridgehead atoms. The number of rotatable bonds is 12. The number of alkyl carbamates (subject to hydrolysis) is 1. The predicted octanol–water partition coefficient (Wildman–Crippen LogP) is 7.32. The Kier molecular flexibility index (Phi) is 14.1. The number of sulfonamides is 1. The summed E-state index contributed by atoms with van der Waals surface area (Å²) < 4.78 is 105. The van der Waals surface area contributed by atoms with Gasteiger partial charge in [0.25, 0.3) is 5.91 Å². The highest BCUT2D eigenvalue weighted by atomic mass is 32.2. The van der Waals surface area contributed by atoms with Gasteiger partial charge in [-0.3, -0.25) is 19.1 Å². The number of fused-ring (bicyclic) bond motifs is 3. The van der Waals surface area contributed by atoms with E-state index in [-0.39, 0.29) is 44.2 Å². The summed E-state index contributed by atoms with van der Waals surface area (Å²) in [7, 11) is -2.98. The van der Waals surface area contributed by atoms with Crippen molar-refractivity contribution in [2.75, 3.05) is 20.3 Å². The molecular formula is C48H59F4N5O10S. The van der Waals surface area contributed by atoms with E-state index in [9.17, 15) is 40.4 Å². The fraction of sp³-hybridized carbons (Fsp3) is 0.562. The molecule has 0 spiro atoms. The topological polar surface area (TPSA) is 192 Å². The number of allylic oxidation sites excluding steroid dienone is 1. The van der Waals surface area contributed by atoms with E-state index in [1.807, 2.05) is 43.7 Å². The van der Waals surface area contributed by atoms with Crippen molar-refractivity contribution in [3.8, 4) is 28.5 Å². The third-order valence-corrected chi connectivity index (χ3v) is 15.5. The van der Waals surface area contributed by atoms with Crippen LogP contribution in [0.2, 0.25) is 0 Å². The molecule has 2 aliphatic carbocycles. The number of amides is 4. The smallest absolute Gasteiger partial charge is 0.427 e. The predicted molar refractivity (Wildman–Crippen MR) is 243 cm³/mol. The van der Waals surface area contributed by atoms with Crippen molar-refractivity contribution in [3.05, 3.63) is 60.7 Å². The van der Waals surface area contributed by atoms with E-state index in [1.54, 1.807) is 49.4 Å². The number of carbonyl (C=O) groups excluding carboxylic acids is 4. The highest BCUT2D eigenvalue weighted by molar-refractivity contribution is 7.91. The van der Waals surface area contributed by atoms with Crippen LogP contribution in [0.4, 0.5) is 22.4 Å². The van der Waals surface area contributed by atoms with E-state index in [2.05, 4.69) is 10.6 Å². The minimum atomic E-state index is -4.95. The zero-order valence-corrected chi connectivity index (χ0v) is 39.9. The lowest BCUT2D eigenvalue weighted by atomic mass is 9.88. The monoisotopic (exact) mass is 973 g/mol. The van der Waals surface area contributed by atoms with Crippen molar-refractivity contribution in [2.45, 2.75) is 133 Å². The van der Waals surface area contributed by atoms with Gasteiger partial charge in [0.05, 0.1) is 31.0 Å². The van der Waals surface area contributed by atoms with Gasteiger partial charge in [-0.1, -0.05) is 26.0 Å². The number of pyridine rings is 1. The van der Waals surface area contributed by atoms with Crippen LogP contribution in [-0.4, -0.2) is 109 Å². The van der Waals surface area contributed by atoms with Crippen molar-refractivity contribution in [1.29, 1.82) is 0 Å². The molecule has 20 heteroatoms. The summed E-state index contributed by atoms with van der Waals surface area (Å²) in [4.78, 5) is 63.3. The van der Waals surface area contributed by atoms with Crippen LogP contribution in [0.1, 0.15) is 86.5 Å². The first-order chi connectivity index (χ1) is 31.9. The minimum Gasteiger partial charge on any atom is -0.497 e. The van der Waals surface area contributed by atoms with Gasteiger partial charge >= 0.3 is 12.3 Å². The third kappa shape index (κ3) is 10.5. The average molecular weight is 974 g/mol. The number of halogens is 4. The highest BCUT2D eigenvalue weighted by Crippen LogP contribution is 2.48. The van der Waals surface area contributed by atoms with Crippen LogP contribution in [0.25, 0.3) is 22.2 Å². The average Bonchev–Trinajstić information content (AvgIpc) is 4.17. The van der Waals surface area contributed by atoms with Gasteiger partial charge < -0.3 is 34.5 Å². The van der Waals surface area contributed by atoms with E-state index in [0.29, 0.717) is 72.5 Å². The molecule has 4 aliphatic rings. The molecule has 0 radical (unpaired) electrons. The van der Waals surface area contributed by atoms with Crippen LogP contribution in [0.15, 0.2) is 60.7 Å². The fourth-order valence-electron chi connectivity index (χ4n) is 8.90. The fourth-order valence-corrected chi connectivity index (χ4v) is 10.3. The molecular weight excluding hydrogens is 915 g/mol. The SMILES string of the molecule is COc1ccc2c(O[C@@H]3C[C@@H]4C(=O)N[C@]5(C(=O)NS(=O)(=O)C6(CF)CC6)C[C@H]5/C=C\CC[C@@H](C)C[C@@H](C)[C@H](NC(=O)OC(C)(C)C(F)(F)F)C(=O)N4C3)cc(-c3ccc(OC(C)C)cc3)nc2c1. The summed E-state index contributed by atoms with van der Waals surface area (Å²) in [5.41, 5.74) is -3.02. The maximum absolute atomic E-state index is 15.0. The molecule has 0 unspecified atom stereocenters. The van der Waals surface area contributed by atoms with E-state index < -0.39 is 92.6 Å². The summed E-state index contributed by atoms with van der Waals surface area (Å²) >= 11 is 0. The molecule has 68 heavy (non-hydrogen) atoms. The van der Waals surface area contributed by atoms with Crippen LogP contribution in [0, 0.1) is 17.8 Å². The van der Waals surface area contributed by atoms with Crippen LogP contribution < -0.4 is 29.6 Å². The lowest BCUT2D eigenvalue weighted by Crippen LogP contribution is -2.60. The molecule has 2 saturated carbocycles. The lowest BCUT2D eigenvalue weighted by Gasteiger charge is -2.34. The first-order valence-electron chi connectivity index (χ1n) is 22.8. The Labute approximate surface area is 393 Å². The standard InChI is InChI=1S/C48H59F4N5O10S/c1-27(2)65-32-14-12-30(13-15-32)36-23-39(35-17-16-33(64-7)21-37(35)53-36)66-34-22-38-41(58)55-47(43(60)56-68(62,63)46(26-49)18-19-46)24-31(47)11-9-8-10-28(3)20-29(4)40(42(59)57(38)25-34)54-44(61)67-45(5,6)48(50,51)52/h9,11-17,21,23,27-29,31,34,38,40H,8,10,18-20,22,24-26H2,1-7H3,(H,54,61)(H,55,58)(H,56,60)/b11-9-/t28-,29-,31-,34-,38-,40+,47-/m1/s1. The largest absolute Gasteiger partial charge is 0.497 e. The van der Waals surface area contributed by atoms with Gasteiger partial charge in [-0.25, -0.2) is 22.6 Å². The molecule has 3 aromatic rings. The molecule has 2 aromatic carbocycles. The van der Waals surface area contributed by atoms with Crippen molar-refractivity contribution < 1.29 is 64.1 Å². The van der Waals surface area contributed by atoms with Gasteiger partial charge in [-0.2, -0.15) is 13.2 Å². The first kappa shape index (κ1) is 50.2. The van der Waals surface area contributed by atoms with Gasteiger partial charge in [0.1, 0.15) is 52.4 Å². The number of benzene rings is 2. The number of hydrogen-bond donors (Lipinski definition) is 3. The molecule has 3 N–H and O–H groups in total. The van der Waals surface area contributed by atoms with Crippen molar-refractivity contribution >= 4 is 44.7 Å². The summed E-state index contributed by atoms with van der Waals surface area (Å²) in [5, 5.41) is 5.70. The molecule has 2 aliphatic heterocycles. The van der Waals surface area contributed by atoms with E-state index in [4.69, 9.17) is 23.9 Å². The Balaban J connectivity index is 1.26. The van der Waals surface area contributed by atoms with Crippen LogP contribution in [-0.2, 0) is 29.1 Å². The summed E-state index contributed by atoms with van der Waals surface area (Å²) in [5.74, 6) is -2.71. The molecule has 15 nitrogen and oxygen atoms in total. The third-order valence-electron chi connectivity index (χ3n) is 13.4. The Morgan fingerprint density at radius 3 is 2.34 bits per heavy atom. The normalized spacial score (nSPS) is 26.9. The second-order valence-electron chi connectivity index (χ2n) is 19.4. The zero-order valence-electron chi connectivity index (χ0n) is 39.1. The quantitative estimate of drug-likeness (QED) is 0.122. The molecule has 370 valence electrons. The molecule has 3 heterocycles. The van der Waals surface area contributed by atoms with Gasteiger partial charge in [0.2, 0.25) is 27.4 Å². The Hall–Kier alpha value is -5.66. The summed E-state index contributed by atoms with van der Waals surface area (Å²) in [6.45, 7) is 7.29. The number of ether oxygens (including phenoxy) is 4. The van der Waals surface area contributed by atoms with Crippen LogP contribution in [0.3, 0.4) is 0 Å². The maximum Gasteiger partial charge on any atom is 0.427 e. The molecule has 7 rings (SSSR count). The van der Waals surface area contributed by atoms with Crippen molar-refractivity contribution in [1.82, 2.24) is 25.2 Å². The number of nitrogens with one attached hydrogen (secondary N) is 3. The van der Waals surface area contributed by atoms with E-state index in [1.165, 1.54) is 12.0 Å². The lowest BCUT2D eigenvalue weighted by molar-refractivity contribution is -0.244. The van der Waals surface area contributed by atoms with Gasteiger partial charge in [-0.15, -0.1) is 0 Å². The number of methoxy groups -OCH3 is 1. The molecule has 1 saturated heterocycles. The second-order valence-corrected chi connectivity index (χ2v) is 21.5. The van der Waals surface area contributed by atoms with E-state index >= 15 is 4.79 Å². The molecule has 1 aromatic heterocycles. The number of carbonyl (C=O) groups is 4. The Morgan fingerprint density at radius 2 is 1.71 bits per heavy atom. The van der Waals surface area contributed by atoms with Gasteiger partial charge in [0.15, 0.2) is 0 Å². The number of alkyl halides is 4. The second kappa shape index (κ2) is 19.0. The van der Waals surface area contributed by atoms with Crippen LogP contribution in [0.5, 0.6) is 17.2 Å². The number of aromatic nitrogens is 1. The molecule has 4 amide bonds. The number of hydrogen-bond acceptors (Lipinski definition) is 11. The van der Waals surface area contributed by atoms with Crippen molar-refractivity contribution in [3.63, 3.8) is 0 Å². The Bertz CT molecular complexity index is 2550. The number of nitrogens with zero attached hydrogens (tertiary/aromatic N) is 2. The van der Waals surface area contributed by atoms with Gasteiger partial charge in [-0.05, 0) is 114 Å². The zero-order chi connectivity index (χ0) is 49.6. The summed E-state index contributed by atoms with van der Waals surface area (Å²) in [6, 6.07) is 11.3. The first-order valence-corrected chi connectivity index (χ1v) is 24.3. The summed E-state index contributed by atoms with van der Waals surface area (Å²) in [6.07, 6.45) is -2.71. The Morgan fingerprint density at radius 1 is 1.01 bits per heavy atom. The molecule has 3 fully saturated rings. The van der Waals surface area contributed by atoms with Crippen molar-refractivity contribution in [2.24, 2.45) is 17.8 Å². The molecule has 7 atom stereocenters. The maximum atomic E-state index is 15.0. The highest BCUT2D eigenvalue weighted by Gasteiger charge is 2.64.